The third kappa shape index (κ3) is 5.44. The number of nitrogens with zero attached hydrogens (tertiary/aromatic N) is 1. The third-order valence-corrected chi connectivity index (χ3v) is 2.92. The number of hydrogen-bond acceptors (Lipinski definition) is 4. The fourth-order valence-electron chi connectivity index (χ4n) is 1.69. The number of benzene rings is 2. The lowest BCUT2D eigenvalue weighted by Gasteiger charge is -2.03. The highest BCUT2D eigenvalue weighted by molar-refractivity contribution is 6.30. The maximum Gasteiger partial charge on any atom is 0.341 e. The Hall–Kier alpha value is -2.86. The number of aliphatic carboxylic acids is 1. The van der Waals surface area contributed by atoms with Gasteiger partial charge in [0.05, 0.1) is 6.21 Å². The molecule has 2 rings (SSSR count). The second-order valence-electron chi connectivity index (χ2n) is 4.46. The minimum absolute atomic E-state index is 0.387. The predicted octanol–water partition coefficient (Wildman–Crippen LogP) is 2.57. The van der Waals surface area contributed by atoms with Crippen LogP contribution in [-0.2, 0) is 4.79 Å². The standard InChI is InChI=1S/C16H13ClN2O4/c17-13-5-2-4-12(8-13)16(22)19-18-9-11-3-1-6-14(7-11)23-10-15(20)21/h1-9H,10H2,(H,19,22)(H,20,21)/b18-9-. The van der Waals surface area contributed by atoms with Crippen molar-refractivity contribution in [3.63, 3.8) is 0 Å². The van der Waals surface area contributed by atoms with Gasteiger partial charge in [-0.3, -0.25) is 4.79 Å². The average molecular weight is 333 g/mol. The van der Waals surface area contributed by atoms with Gasteiger partial charge in [0, 0.05) is 10.6 Å². The van der Waals surface area contributed by atoms with Crippen LogP contribution in [0.3, 0.4) is 0 Å². The van der Waals surface area contributed by atoms with E-state index >= 15 is 0 Å². The molecule has 0 aliphatic carbocycles. The molecule has 118 valence electrons. The van der Waals surface area contributed by atoms with Crippen molar-refractivity contribution < 1.29 is 19.4 Å². The van der Waals surface area contributed by atoms with Crippen molar-refractivity contribution in [3.05, 3.63) is 64.7 Å². The van der Waals surface area contributed by atoms with Crippen molar-refractivity contribution in [3.8, 4) is 5.75 Å². The van der Waals surface area contributed by atoms with Crippen molar-refractivity contribution in [2.75, 3.05) is 6.61 Å². The molecule has 0 fully saturated rings. The van der Waals surface area contributed by atoms with Gasteiger partial charge in [0.2, 0.25) is 0 Å². The van der Waals surface area contributed by atoms with Crippen molar-refractivity contribution in [2.45, 2.75) is 0 Å². The lowest BCUT2D eigenvalue weighted by atomic mass is 10.2. The summed E-state index contributed by atoms with van der Waals surface area (Å²) in [5.41, 5.74) is 3.43. The molecule has 0 aliphatic rings. The Kier molecular flexibility index (Phi) is 5.71. The number of halogens is 1. The zero-order valence-corrected chi connectivity index (χ0v) is 12.7. The summed E-state index contributed by atoms with van der Waals surface area (Å²) in [5.74, 6) is -1.04. The molecule has 7 heteroatoms. The molecule has 2 N–H and O–H groups in total. The maximum atomic E-state index is 11.9. The molecule has 0 aromatic heterocycles. The smallest absolute Gasteiger partial charge is 0.341 e. The van der Waals surface area contributed by atoms with E-state index in [1.807, 2.05) is 0 Å². The molecule has 2 aromatic rings. The number of rotatable bonds is 6. The molecular weight excluding hydrogens is 320 g/mol. The number of hydrogen-bond donors (Lipinski definition) is 2. The second kappa shape index (κ2) is 7.95. The first-order valence-electron chi connectivity index (χ1n) is 6.58. The Labute approximate surface area is 137 Å². The van der Waals surface area contributed by atoms with Crippen molar-refractivity contribution in [1.82, 2.24) is 5.43 Å². The van der Waals surface area contributed by atoms with Gasteiger partial charge in [0.15, 0.2) is 6.61 Å². The molecule has 0 saturated heterocycles. The minimum Gasteiger partial charge on any atom is -0.482 e. The minimum atomic E-state index is -1.06. The van der Waals surface area contributed by atoms with Gasteiger partial charge in [-0.15, -0.1) is 0 Å². The number of carbonyl (C=O) groups excluding carboxylic acids is 1. The van der Waals surface area contributed by atoms with E-state index in [1.165, 1.54) is 12.3 Å². The molecule has 6 nitrogen and oxygen atoms in total. The number of nitrogens with one attached hydrogen (secondary N) is 1. The number of hydrazone groups is 1. The topological polar surface area (TPSA) is 88.0 Å². The van der Waals surface area contributed by atoms with E-state index < -0.39 is 12.6 Å². The molecule has 0 saturated carbocycles. The largest absolute Gasteiger partial charge is 0.482 e. The van der Waals surface area contributed by atoms with Crippen molar-refractivity contribution in [1.29, 1.82) is 0 Å². The Bertz CT molecular complexity index is 746. The van der Waals surface area contributed by atoms with Crippen LogP contribution in [0.2, 0.25) is 5.02 Å². The van der Waals surface area contributed by atoms with Crippen LogP contribution in [-0.4, -0.2) is 29.8 Å². The molecule has 0 heterocycles. The summed E-state index contributed by atoms with van der Waals surface area (Å²) in [5, 5.41) is 12.9. The summed E-state index contributed by atoms with van der Waals surface area (Å²) in [7, 11) is 0. The summed E-state index contributed by atoms with van der Waals surface area (Å²) < 4.78 is 5.05. The van der Waals surface area contributed by atoms with Gasteiger partial charge in [0.1, 0.15) is 5.75 Å². The summed E-state index contributed by atoms with van der Waals surface area (Å²) in [6.45, 7) is -0.425. The first-order chi connectivity index (χ1) is 11.0. The highest BCUT2D eigenvalue weighted by Gasteiger charge is 2.04. The number of carboxylic acid groups (broad SMARTS) is 1. The average Bonchev–Trinajstić information content (AvgIpc) is 2.53. The first-order valence-corrected chi connectivity index (χ1v) is 6.96. The van der Waals surface area contributed by atoms with Crippen LogP contribution in [0.5, 0.6) is 5.75 Å². The molecule has 0 aliphatic heterocycles. The lowest BCUT2D eigenvalue weighted by molar-refractivity contribution is -0.139. The first kappa shape index (κ1) is 16.5. The second-order valence-corrected chi connectivity index (χ2v) is 4.90. The molecule has 0 atom stereocenters. The van der Waals surface area contributed by atoms with Gasteiger partial charge in [-0.1, -0.05) is 29.8 Å². The van der Waals surface area contributed by atoms with Crippen LogP contribution in [0.1, 0.15) is 15.9 Å². The molecule has 1 amide bonds. The van der Waals surface area contributed by atoms with E-state index in [4.69, 9.17) is 21.4 Å². The van der Waals surface area contributed by atoms with Crippen LogP contribution in [0.25, 0.3) is 0 Å². The SMILES string of the molecule is O=C(O)COc1cccc(/C=N\NC(=O)c2cccc(Cl)c2)c1. The summed E-state index contributed by atoms with van der Waals surface area (Å²) in [6, 6.07) is 13.2. The zero-order valence-electron chi connectivity index (χ0n) is 11.9. The Morgan fingerprint density at radius 1 is 1.22 bits per heavy atom. The summed E-state index contributed by atoms with van der Waals surface area (Å²) >= 11 is 5.81. The predicted molar refractivity (Wildman–Crippen MR) is 86.1 cm³/mol. The fourth-order valence-corrected chi connectivity index (χ4v) is 1.88. The Morgan fingerprint density at radius 3 is 2.74 bits per heavy atom. The molecular formula is C16H13ClN2O4. The van der Waals surface area contributed by atoms with Crippen molar-refractivity contribution in [2.24, 2.45) is 5.10 Å². The molecule has 0 bridgehead atoms. The number of carboxylic acids is 1. The lowest BCUT2D eigenvalue weighted by Crippen LogP contribution is -2.17. The van der Waals surface area contributed by atoms with Gasteiger partial charge in [-0.25, -0.2) is 10.2 Å². The summed E-state index contributed by atoms with van der Waals surface area (Å²) in [4.78, 5) is 22.3. The van der Waals surface area contributed by atoms with E-state index in [0.29, 0.717) is 21.9 Å². The fraction of sp³-hybridized carbons (Fsp3) is 0.0625. The quantitative estimate of drug-likeness (QED) is 0.628. The summed E-state index contributed by atoms with van der Waals surface area (Å²) in [6.07, 6.45) is 1.43. The monoisotopic (exact) mass is 332 g/mol. The highest BCUT2D eigenvalue weighted by atomic mass is 35.5. The molecule has 0 radical (unpaired) electrons. The number of ether oxygens (including phenoxy) is 1. The van der Waals surface area contributed by atoms with Gasteiger partial charge in [0.25, 0.3) is 5.91 Å². The van der Waals surface area contributed by atoms with Crippen LogP contribution >= 0.6 is 11.6 Å². The van der Waals surface area contributed by atoms with E-state index in [2.05, 4.69) is 10.5 Å². The van der Waals surface area contributed by atoms with Crippen LogP contribution in [0.4, 0.5) is 0 Å². The van der Waals surface area contributed by atoms with Crippen LogP contribution in [0, 0.1) is 0 Å². The van der Waals surface area contributed by atoms with E-state index in [0.717, 1.165) is 0 Å². The Morgan fingerprint density at radius 2 is 2.00 bits per heavy atom. The maximum absolute atomic E-state index is 11.9. The van der Waals surface area contributed by atoms with Gasteiger partial charge < -0.3 is 9.84 Å². The highest BCUT2D eigenvalue weighted by Crippen LogP contribution is 2.12. The zero-order chi connectivity index (χ0) is 16.7. The normalized spacial score (nSPS) is 10.5. The van der Waals surface area contributed by atoms with E-state index in [9.17, 15) is 9.59 Å². The van der Waals surface area contributed by atoms with Crippen LogP contribution < -0.4 is 10.2 Å². The molecule has 0 spiro atoms. The van der Waals surface area contributed by atoms with Crippen LogP contribution in [0.15, 0.2) is 53.6 Å². The third-order valence-electron chi connectivity index (χ3n) is 2.69. The van der Waals surface area contributed by atoms with Gasteiger partial charge in [-0.05, 0) is 35.9 Å². The molecule has 2 aromatic carbocycles. The Balaban J connectivity index is 1.96. The molecule has 0 unspecified atom stereocenters. The number of carbonyl (C=O) groups is 2. The van der Waals surface area contributed by atoms with Gasteiger partial charge >= 0.3 is 5.97 Å². The van der Waals surface area contributed by atoms with Gasteiger partial charge in [-0.2, -0.15) is 5.10 Å². The molecule has 23 heavy (non-hydrogen) atoms. The van der Waals surface area contributed by atoms with E-state index in [-0.39, 0.29) is 5.91 Å². The number of amides is 1. The van der Waals surface area contributed by atoms with E-state index in [1.54, 1.807) is 42.5 Å². The van der Waals surface area contributed by atoms with Crippen molar-refractivity contribution >= 4 is 29.7 Å².